The minimum absolute atomic E-state index is 0. The molecule has 0 fully saturated rings. The van der Waals surface area contributed by atoms with E-state index in [9.17, 15) is 4.79 Å². The van der Waals surface area contributed by atoms with Gasteiger partial charge in [0.2, 0.25) is 12.3 Å². The van der Waals surface area contributed by atoms with Crippen molar-refractivity contribution in [3.05, 3.63) is 51.4 Å². The number of Topliss-reactive ketones (excluding diaryl/α,β-unsaturated/α-hetero) is 1. The maximum Gasteiger partial charge on any atom is 0.238 e. The number of carbonyl (C=O) groups excluding carboxylic acids is 1. The molecule has 0 saturated carbocycles. The third kappa shape index (κ3) is 3.36. The molecule has 2 rings (SSSR count). The molecule has 0 N–H and O–H groups in total. The van der Waals surface area contributed by atoms with Crippen molar-refractivity contribution >= 4 is 33.0 Å². The fourth-order valence-corrected chi connectivity index (χ4v) is 2.80. The molecule has 2 aromatic rings. The molecule has 0 aliphatic rings. The lowest BCUT2D eigenvalue weighted by atomic mass is 10.3. The van der Waals surface area contributed by atoms with Crippen LogP contribution in [-0.2, 0) is 6.54 Å². The van der Waals surface area contributed by atoms with Crippen molar-refractivity contribution in [1.29, 1.82) is 0 Å². The lowest BCUT2D eigenvalue weighted by Gasteiger charge is -1.95. The quantitative estimate of drug-likeness (QED) is 0.387. The van der Waals surface area contributed by atoms with Crippen LogP contribution in [0, 0.1) is 0 Å². The molecular weight excluding hydrogens is 401 g/mol. The highest BCUT2D eigenvalue weighted by molar-refractivity contribution is 9.10. The van der Waals surface area contributed by atoms with Crippen LogP contribution in [0.1, 0.15) is 9.67 Å². The van der Waals surface area contributed by atoms with E-state index < -0.39 is 0 Å². The number of thiophene rings is 1. The first-order valence-corrected chi connectivity index (χ1v) is 6.15. The van der Waals surface area contributed by atoms with E-state index in [2.05, 4.69) is 15.9 Å². The van der Waals surface area contributed by atoms with E-state index in [1.807, 2.05) is 46.6 Å². The summed E-state index contributed by atoms with van der Waals surface area (Å²) in [7, 11) is 0. The Morgan fingerprint density at radius 1 is 1.31 bits per heavy atom. The van der Waals surface area contributed by atoms with E-state index in [0.717, 1.165) is 9.35 Å². The second-order valence-corrected chi connectivity index (χ2v) is 4.84. The average Bonchev–Trinajstić information content (AvgIpc) is 2.66. The van der Waals surface area contributed by atoms with Gasteiger partial charge in [-0.3, -0.25) is 4.79 Å². The van der Waals surface area contributed by atoms with Crippen LogP contribution in [0.4, 0.5) is 0 Å². The molecule has 5 heteroatoms. The summed E-state index contributed by atoms with van der Waals surface area (Å²) < 4.78 is 2.75. The summed E-state index contributed by atoms with van der Waals surface area (Å²) in [5.41, 5.74) is 0. The van der Waals surface area contributed by atoms with Gasteiger partial charge in [0.15, 0.2) is 12.4 Å². The minimum atomic E-state index is 0. The largest absolute Gasteiger partial charge is 1.00 e. The number of ketones is 1. The Morgan fingerprint density at radius 2 is 2.00 bits per heavy atom. The summed E-state index contributed by atoms with van der Waals surface area (Å²) in [5.74, 6) is 0.132. The van der Waals surface area contributed by atoms with Crippen LogP contribution in [-0.4, -0.2) is 5.78 Å². The zero-order valence-electron chi connectivity index (χ0n) is 8.27. The van der Waals surface area contributed by atoms with Gasteiger partial charge in [-0.25, -0.2) is 0 Å². The van der Waals surface area contributed by atoms with Gasteiger partial charge in [-0.2, -0.15) is 4.57 Å². The summed E-state index contributed by atoms with van der Waals surface area (Å²) in [6, 6.07) is 7.66. The van der Waals surface area contributed by atoms with Crippen molar-refractivity contribution in [2.45, 2.75) is 6.54 Å². The monoisotopic (exact) mass is 409 g/mol. The van der Waals surface area contributed by atoms with E-state index in [0.29, 0.717) is 6.54 Å². The summed E-state index contributed by atoms with van der Waals surface area (Å²) in [6.45, 7) is 0.389. The van der Waals surface area contributed by atoms with Crippen LogP contribution in [0.2, 0.25) is 0 Å². The predicted molar refractivity (Wildman–Crippen MR) is 63.0 cm³/mol. The van der Waals surface area contributed by atoms with E-state index in [1.54, 1.807) is 0 Å². The van der Waals surface area contributed by atoms with Crippen LogP contribution < -0.4 is 28.5 Å². The summed E-state index contributed by atoms with van der Waals surface area (Å²) in [6.07, 6.45) is 3.78. The molecule has 16 heavy (non-hydrogen) atoms. The minimum Gasteiger partial charge on any atom is -1.00 e. The maximum atomic E-state index is 11.9. The highest BCUT2D eigenvalue weighted by Crippen LogP contribution is 2.22. The van der Waals surface area contributed by atoms with Crippen LogP contribution in [0.25, 0.3) is 0 Å². The van der Waals surface area contributed by atoms with Crippen LogP contribution in [0.5, 0.6) is 0 Å². The van der Waals surface area contributed by atoms with Crippen molar-refractivity contribution in [2.24, 2.45) is 0 Å². The highest BCUT2D eigenvalue weighted by atomic mass is 127. The zero-order chi connectivity index (χ0) is 10.7. The van der Waals surface area contributed by atoms with Crippen LogP contribution >= 0.6 is 27.3 Å². The molecule has 0 atom stereocenters. The highest BCUT2D eigenvalue weighted by Gasteiger charge is 2.15. The van der Waals surface area contributed by atoms with Gasteiger partial charge in [0.25, 0.3) is 0 Å². The van der Waals surface area contributed by atoms with Crippen molar-refractivity contribution < 1.29 is 33.3 Å². The molecule has 0 saturated heterocycles. The van der Waals surface area contributed by atoms with E-state index in [4.69, 9.17) is 0 Å². The molecule has 0 amide bonds. The van der Waals surface area contributed by atoms with E-state index in [1.165, 1.54) is 11.3 Å². The molecule has 0 aliphatic carbocycles. The summed E-state index contributed by atoms with van der Waals surface area (Å²) in [5, 5.41) is 1.91. The van der Waals surface area contributed by atoms with Gasteiger partial charge in [0, 0.05) is 16.6 Å². The Kier molecular flexibility index (Phi) is 5.57. The van der Waals surface area contributed by atoms with Gasteiger partial charge in [-0.15, -0.1) is 11.3 Å². The van der Waals surface area contributed by atoms with Gasteiger partial charge >= 0.3 is 0 Å². The zero-order valence-corrected chi connectivity index (χ0v) is 12.8. The fraction of sp³-hybridized carbons (Fsp3) is 0.0909. The molecule has 0 radical (unpaired) electrons. The molecule has 0 aromatic carbocycles. The Bertz CT molecular complexity index is 472. The molecule has 2 heterocycles. The molecule has 0 bridgehead atoms. The predicted octanol–water partition coefficient (Wildman–Crippen LogP) is -0.315. The standard InChI is InChI=1S/C11H9BrNOS.HI/c12-9-4-7-15-11(9)10(14)8-13-5-2-1-3-6-13;/h1-7H,8H2;1H/q+1;/p-1. The molecular formula is C11H9BrINOS. The lowest BCUT2D eigenvalue weighted by Crippen LogP contribution is -3.00. The Labute approximate surface area is 123 Å². The fourth-order valence-electron chi connectivity index (χ4n) is 1.27. The number of pyridine rings is 1. The molecule has 0 spiro atoms. The number of rotatable bonds is 3. The first-order valence-electron chi connectivity index (χ1n) is 4.47. The molecule has 0 aliphatic heterocycles. The van der Waals surface area contributed by atoms with Crippen LogP contribution in [0.15, 0.2) is 46.5 Å². The topological polar surface area (TPSA) is 20.9 Å². The van der Waals surface area contributed by atoms with Crippen molar-refractivity contribution in [3.63, 3.8) is 0 Å². The molecule has 84 valence electrons. The first kappa shape index (κ1) is 13.8. The summed E-state index contributed by atoms with van der Waals surface area (Å²) >= 11 is 4.83. The second-order valence-electron chi connectivity index (χ2n) is 3.07. The third-order valence-corrected chi connectivity index (χ3v) is 3.85. The number of hydrogen-bond donors (Lipinski definition) is 0. The summed E-state index contributed by atoms with van der Waals surface area (Å²) in [4.78, 5) is 12.6. The van der Waals surface area contributed by atoms with Crippen molar-refractivity contribution in [3.8, 4) is 0 Å². The normalized spacial score (nSPS) is 9.56. The number of nitrogens with zero attached hydrogens (tertiary/aromatic N) is 1. The van der Waals surface area contributed by atoms with Gasteiger partial charge in [-0.1, -0.05) is 6.07 Å². The Morgan fingerprint density at radius 3 is 2.56 bits per heavy atom. The number of carbonyl (C=O) groups is 1. The first-order chi connectivity index (χ1) is 7.27. The van der Waals surface area contributed by atoms with Crippen molar-refractivity contribution in [2.75, 3.05) is 0 Å². The van der Waals surface area contributed by atoms with E-state index >= 15 is 0 Å². The van der Waals surface area contributed by atoms with Crippen molar-refractivity contribution in [1.82, 2.24) is 0 Å². The molecule has 2 aromatic heterocycles. The Hall–Kier alpha value is -0.270. The Balaban J connectivity index is 0.00000128. The van der Waals surface area contributed by atoms with Crippen LogP contribution in [0.3, 0.4) is 0 Å². The van der Waals surface area contributed by atoms with Gasteiger partial charge in [0.1, 0.15) is 0 Å². The average molecular weight is 410 g/mol. The number of halogens is 2. The smallest absolute Gasteiger partial charge is 0.238 e. The SMILES string of the molecule is O=C(C[n+]1ccccc1)c1sccc1Br.[I-]. The second kappa shape index (κ2) is 6.46. The van der Waals surface area contributed by atoms with Gasteiger partial charge in [0.05, 0.1) is 4.88 Å². The van der Waals surface area contributed by atoms with E-state index in [-0.39, 0.29) is 29.8 Å². The number of aromatic nitrogens is 1. The maximum absolute atomic E-state index is 11.9. The molecule has 2 nitrogen and oxygen atoms in total. The number of hydrogen-bond acceptors (Lipinski definition) is 2. The van der Waals surface area contributed by atoms with Gasteiger partial charge in [-0.05, 0) is 27.4 Å². The lowest BCUT2D eigenvalue weighted by molar-refractivity contribution is -0.683. The third-order valence-electron chi connectivity index (χ3n) is 1.97. The van der Waals surface area contributed by atoms with Gasteiger partial charge < -0.3 is 24.0 Å². The molecule has 0 unspecified atom stereocenters.